The van der Waals surface area contributed by atoms with E-state index in [-0.39, 0.29) is 47.9 Å². The first-order chi connectivity index (χ1) is 14.5. The Morgan fingerprint density at radius 3 is 2.48 bits per heavy atom. The summed E-state index contributed by atoms with van der Waals surface area (Å²) in [5.74, 6) is -0.282. The van der Waals surface area contributed by atoms with Crippen LogP contribution in [-0.2, 0) is 13.1 Å². The predicted octanol–water partition coefficient (Wildman–Crippen LogP) is 4.37. The molecule has 1 aliphatic rings. The number of nitrogens with one attached hydrogen (secondary N) is 2. The van der Waals surface area contributed by atoms with Crippen LogP contribution < -0.4 is 15.4 Å². The number of aliphatic imine (C=N–C) groups is 1. The molecule has 3 rings (SSSR count). The number of halogens is 4. The van der Waals surface area contributed by atoms with Gasteiger partial charge in [-0.25, -0.2) is 4.39 Å². The van der Waals surface area contributed by atoms with Crippen molar-refractivity contribution in [2.24, 2.45) is 4.99 Å². The van der Waals surface area contributed by atoms with Crippen molar-refractivity contribution in [2.45, 2.75) is 38.6 Å². The highest BCUT2D eigenvalue weighted by molar-refractivity contribution is 14.0. The second kappa shape index (κ2) is 12.7. The highest BCUT2D eigenvalue weighted by Crippen LogP contribution is 2.23. The summed E-state index contributed by atoms with van der Waals surface area (Å²) in [4.78, 5) is 6.59. The van der Waals surface area contributed by atoms with Crippen LogP contribution in [0.4, 0.5) is 13.2 Å². The lowest BCUT2D eigenvalue weighted by molar-refractivity contribution is -0.0506. The maximum Gasteiger partial charge on any atom is 0.387 e. The molecule has 2 N–H and O–H groups in total. The van der Waals surface area contributed by atoms with Gasteiger partial charge in [-0.2, -0.15) is 8.78 Å². The summed E-state index contributed by atoms with van der Waals surface area (Å²) in [7, 11) is 1.62. The lowest BCUT2D eigenvalue weighted by Crippen LogP contribution is -2.48. The quantitative estimate of drug-likeness (QED) is 0.307. The number of likely N-dealkylation sites (tertiary alicyclic amines) is 1. The molecule has 2 aromatic carbocycles. The van der Waals surface area contributed by atoms with Crippen LogP contribution in [0.5, 0.6) is 5.75 Å². The molecule has 1 fully saturated rings. The van der Waals surface area contributed by atoms with Gasteiger partial charge >= 0.3 is 6.61 Å². The minimum absolute atomic E-state index is 0. The van der Waals surface area contributed by atoms with Crippen LogP contribution in [0.2, 0.25) is 0 Å². The zero-order chi connectivity index (χ0) is 21.3. The molecule has 0 atom stereocenters. The Labute approximate surface area is 198 Å². The number of piperidine rings is 1. The van der Waals surface area contributed by atoms with Gasteiger partial charge in [0.15, 0.2) is 5.96 Å². The van der Waals surface area contributed by atoms with Gasteiger partial charge in [-0.05, 0) is 30.5 Å². The fraction of sp³-hybridized carbons (Fsp3) is 0.409. The van der Waals surface area contributed by atoms with Crippen molar-refractivity contribution in [1.82, 2.24) is 15.5 Å². The van der Waals surface area contributed by atoms with Crippen molar-refractivity contribution < 1.29 is 17.9 Å². The maximum absolute atomic E-state index is 14.1. The van der Waals surface area contributed by atoms with E-state index in [0.29, 0.717) is 5.96 Å². The van der Waals surface area contributed by atoms with Crippen molar-refractivity contribution in [3.63, 3.8) is 0 Å². The summed E-state index contributed by atoms with van der Waals surface area (Å²) in [6, 6.07) is 14.5. The molecule has 170 valence electrons. The summed E-state index contributed by atoms with van der Waals surface area (Å²) in [5, 5.41) is 6.34. The standard InChI is InChI=1S/C22H27F3N4O.HI/c1-26-22(27-14-18-19(23)8-5-9-20(18)30-21(24)25)28-17-10-12-29(13-11-17)15-16-6-3-2-4-7-16;/h2-9,17,21H,10-15H2,1H3,(H2,26,27,28);1H. The van der Waals surface area contributed by atoms with Crippen LogP contribution in [-0.4, -0.2) is 43.6 Å². The monoisotopic (exact) mass is 548 g/mol. The molecule has 0 aromatic heterocycles. The molecule has 0 aliphatic carbocycles. The van der Waals surface area contributed by atoms with Crippen LogP contribution in [0, 0.1) is 5.82 Å². The normalized spacial score (nSPS) is 15.5. The molecule has 0 bridgehead atoms. The summed E-state index contributed by atoms with van der Waals surface area (Å²) in [6.45, 7) is -0.168. The molecule has 1 heterocycles. The molecule has 0 spiro atoms. The van der Waals surface area contributed by atoms with E-state index in [9.17, 15) is 13.2 Å². The number of hydrogen-bond donors (Lipinski definition) is 2. The molecule has 0 saturated carbocycles. The van der Waals surface area contributed by atoms with Gasteiger partial charge in [0.25, 0.3) is 0 Å². The lowest BCUT2D eigenvalue weighted by Gasteiger charge is -2.33. The first-order valence-electron chi connectivity index (χ1n) is 10.0. The van der Waals surface area contributed by atoms with Gasteiger partial charge in [0.1, 0.15) is 11.6 Å². The van der Waals surface area contributed by atoms with Gasteiger partial charge in [-0.15, -0.1) is 24.0 Å². The van der Waals surface area contributed by atoms with E-state index in [0.717, 1.165) is 32.5 Å². The van der Waals surface area contributed by atoms with Crippen LogP contribution >= 0.6 is 24.0 Å². The summed E-state index contributed by atoms with van der Waals surface area (Å²) in [5.41, 5.74) is 1.34. The number of benzene rings is 2. The van der Waals surface area contributed by atoms with Crippen molar-refractivity contribution in [3.05, 3.63) is 65.5 Å². The van der Waals surface area contributed by atoms with Crippen LogP contribution in [0.25, 0.3) is 0 Å². The minimum Gasteiger partial charge on any atom is -0.434 e. The molecule has 2 aromatic rings. The third kappa shape index (κ3) is 7.88. The van der Waals surface area contributed by atoms with Gasteiger partial charge < -0.3 is 15.4 Å². The molecule has 31 heavy (non-hydrogen) atoms. The Bertz CT molecular complexity index is 831. The molecule has 1 saturated heterocycles. The van der Waals surface area contributed by atoms with Gasteiger partial charge in [0.05, 0.1) is 0 Å². The van der Waals surface area contributed by atoms with Crippen molar-refractivity contribution in [3.8, 4) is 5.75 Å². The van der Waals surface area contributed by atoms with E-state index >= 15 is 0 Å². The second-order valence-electron chi connectivity index (χ2n) is 7.20. The zero-order valence-corrected chi connectivity index (χ0v) is 19.7. The Kier molecular flexibility index (Phi) is 10.4. The van der Waals surface area contributed by atoms with Crippen molar-refractivity contribution in [1.29, 1.82) is 0 Å². The Morgan fingerprint density at radius 2 is 1.84 bits per heavy atom. The summed E-state index contributed by atoms with van der Waals surface area (Å²) >= 11 is 0. The van der Waals surface area contributed by atoms with Crippen LogP contribution in [0.3, 0.4) is 0 Å². The Balaban J connectivity index is 0.00000341. The molecule has 0 radical (unpaired) electrons. The molecule has 5 nitrogen and oxygen atoms in total. The first kappa shape index (κ1) is 25.3. The fourth-order valence-electron chi connectivity index (χ4n) is 3.55. The van der Waals surface area contributed by atoms with Gasteiger partial charge in [-0.3, -0.25) is 9.89 Å². The molecule has 0 amide bonds. The van der Waals surface area contributed by atoms with Gasteiger partial charge in [0.2, 0.25) is 0 Å². The third-order valence-corrected chi connectivity index (χ3v) is 5.13. The zero-order valence-electron chi connectivity index (χ0n) is 17.4. The Morgan fingerprint density at radius 1 is 1.13 bits per heavy atom. The molecular formula is C22H28F3IN4O. The van der Waals surface area contributed by atoms with Crippen molar-refractivity contribution in [2.75, 3.05) is 20.1 Å². The fourth-order valence-corrected chi connectivity index (χ4v) is 3.55. The van der Waals surface area contributed by atoms with E-state index in [1.807, 2.05) is 18.2 Å². The van der Waals surface area contributed by atoms with E-state index in [1.54, 1.807) is 7.05 Å². The second-order valence-corrected chi connectivity index (χ2v) is 7.20. The minimum atomic E-state index is -3.01. The van der Waals surface area contributed by atoms with Crippen LogP contribution in [0.1, 0.15) is 24.0 Å². The van der Waals surface area contributed by atoms with E-state index in [1.165, 1.54) is 23.8 Å². The summed E-state index contributed by atoms with van der Waals surface area (Å²) < 4.78 is 43.7. The largest absolute Gasteiger partial charge is 0.434 e. The van der Waals surface area contributed by atoms with Gasteiger partial charge in [0, 0.05) is 44.8 Å². The number of ether oxygens (including phenoxy) is 1. The lowest BCUT2D eigenvalue weighted by atomic mass is 10.0. The topological polar surface area (TPSA) is 48.9 Å². The number of rotatable bonds is 7. The van der Waals surface area contributed by atoms with Crippen molar-refractivity contribution >= 4 is 29.9 Å². The third-order valence-electron chi connectivity index (χ3n) is 5.13. The number of hydrogen-bond acceptors (Lipinski definition) is 3. The smallest absolute Gasteiger partial charge is 0.387 e. The molecule has 0 unspecified atom stereocenters. The number of guanidine groups is 1. The highest BCUT2D eigenvalue weighted by Gasteiger charge is 2.20. The number of alkyl halides is 2. The molecular weight excluding hydrogens is 520 g/mol. The first-order valence-corrected chi connectivity index (χ1v) is 10.0. The Hall–Kier alpha value is -2.01. The number of nitrogens with zero attached hydrogens (tertiary/aromatic N) is 2. The predicted molar refractivity (Wildman–Crippen MR) is 127 cm³/mol. The SMILES string of the molecule is CN=C(NCc1c(F)cccc1OC(F)F)NC1CCN(Cc2ccccc2)CC1.I. The van der Waals surface area contributed by atoms with Crippen LogP contribution in [0.15, 0.2) is 53.5 Å². The average Bonchev–Trinajstić information content (AvgIpc) is 2.74. The summed E-state index contributed by atoms with van der Waals surface area (Å²) in [6.07, 6.45) is 1.90. The molecule has 9 heteroatoms. The van der Waals surface area contributed by atoms with E-state index in [4.69, 9.17) is 0 Å². The van der Waals surface area contributed by atoms with E-state index in [2.05, 4.69) is 37.4 Å². The average molecular weight is 548 g/mol. The van der Waals surface area contributed by atoms with Gasteiger partial charge in [-0.1, -0.05) is 36.4 Å². The maximum atomic E-state index is 14.1. The highest BCUT2D eigenvalue weighted by atomic mass is 127. The van der Waals surface area contributed by atoms with E-state index < -0.39 is 12.4 Å². The molecule has 1 aliphatic heterocycles.